The van der Waals surface area contributed by atoms with E-state index in [-0.39, 0.29) is 5.75 Å². The SMILES string of the molecule is C#CCCCCCCCCCCCCCS(=O)(=O)O. The summed E-state index contributed by atoms with van der Waals surface area (Å²) in [5, 5.41) is 0. The smallest absolute Gasteiger partial charge is 0.264 e. The van der Waals surface area contributed by atoms with Crippen molar-refractivity contribution in [1.29, 1.82) is 0 Å². The van der Waals surface area contributed by atoms with E-state index in [1.807, 2.05) is 0 Å². The van der Waals surface area contributed by atoms with E-state index in [2.05, 4.69) is 5.92 Å². The number of rotatable bonds is 13. The minimum Gasteiger partial charge on any atom is -0.286 e. The van der Waals surface area contributed by atoms with Crippen molar-refractivity contribution in [2.45, 2.75) is 77.0 Å². The largest absolute Gasteiger partial charge is 0.286 e. The molecule has 0 amide bonds. The fourth-order valence-corrected chi connectivity index (χ4v) is 2.67. The molecule has 0 radical (unpaired) electrons. The third kappa shape index (κ3) is 17.5. The zero-order chi connectivity index (χ0) is 14.4. The number of terminal acetylenes is 1. The molecule has 0 saturated heterocycles. The Balaban J connectivity index is 3.05. The van der Waals surface area contributed by atoms with Gasteiger partial charge in [0.05, 0.1) is 5.75 Å². The standard InChI is InChI=1S/C15H28O3S/c1-2-3-4-5-6-7-8-9-10-11-12-13-14-15-19(16,17)18/h1H,3-15H2,(H,16,17,18). The van der Waals surface area contributed by atoms with Crippen LogP contribution >= 0.6 is 0 Å². The van der Waals surface area contributed by atoms with Crippen LogP contribution in [0.3, 0.4) is 0 Å². The highest BCUT2D eigenvalue weighted by Crippen LogP contribution is 2.12. The van der Waals surface area contributed by atoms with Gasteiger partial charge >= 0.3 is 0 Å². The van der Waals surface area contributed by atoms with Crippen LogP contribution in [0.4, 0.5) is 0 Å². The lowest BCUT2D eigenvalue weighted by Gasteiger charge is -2.02. The van der Waals surface area contributed by atoms with E-state index in [1.54, 1.807) is 0 Å². The second-order valence-electron chi connectivity index (χ2n) is 5.13. The Bertz CT molecular complexity index is 328. The van der Waals surface area contributed by atoms with Crippen LogP contribution < -0.4 is 0 Å². The molecule has 0 unspecified atom stereocenters. The molecule has 0 rings (SSSR count). The van der Waals surface area contributed by atoms with Crippen LogP contribution in [0.5, 0.6) is 0 Å². The van der Waals surface area contributed by atoms with Gasteiger partial charge in [-0.1, -0.05) is 57.8 Å². The second-order valence-corrected chi connectivity index (χ2v) is 6.70. The predicted molar refractivity (Wildman–Crippen MR) is 80.7 cm³/mol. The molecule has 1 N–H and O–H groups in total. The van der Waals surface area contributed by atoms with E-state index >= 15 is 0 Å². The van der Waals surface area contributed by atoms with E-state index < -0.39 is 10.1 Å². The third-order valence-corrected chi connectivity index (χ3v) is 4.03. The highest BCUT2D eigenvalue weighted by Gasteiger charge is 2.02. The molecule has 3 nitrogen and oxygen atoms in total. The number of hydrogen-bond acceptors (Lipinski definition) is 2. The maximum atomic E-state index is 10.5. The van der Waals surface area contributed by atoms with E-state index in [0.29, 0.717) is 6.42 Å². The minimum absolute atomic E-state index is 0.0926. The molecule has 0 spiro atoms. The van der Waals surface area contributed by atoms with Crippen molar-refractivity contribution < 1.29 is 13.0 Å². The van der Waals surface area contributed by atoms with Gasteiger partial charge in [0.25, 0.3) is 10.1 Å². The molecule has 0 atom stereocenters. The van der Waals surface area contributed by atoms with Crippen molar-refractivity contribution in [1.82, 2.24) is 0 Å². The van der Waals surface area contributed by atoms with Gasteiger partial charge in [-0.05, 0) is 12.8 Å². The van der Waals surface area contributed by atoms with Gasteiger partial charge in [-0.3, -0.25) is 4.55 Å². The van der Waals surface area contributed by atoms with Crippen molar-refractivity contribution >= 4 is 10.1 Å². The van der Waals surface area contributed by atoms with Gasteiger partial charge in [-0.2, -0.15) is 8.42 Å². The lowest BCUT2D eigenvalue weighted by atomic mass is 10.1. The van der Waals surface area contributed by atoms with Crippen molar-refractivity contribution in [3.8, 4) is 12.3 Å². The summed E-state index contributed by atoms with van der Waals surface area (Å²) >= 11 is 0. The average molecular weight is 288 g/mol. The summed E-state index contributed by atoms with van der Waals surface area (Å²) in [5.74, 6) is 2.57. The van der Waals surface area contributed by atoms with Gasteiger partial charge < -0.3 is 0 Å². The highest BCUT2D eigenvalue weighted by molar-refractivity contribution is 7.85. The summed E-state index contributed by atoms with van der Waals surface area (Å²) in [4.78, 5) is 0. The molecule has 0 fully saturated rings. The fraction of sp³-hybridized carbons (Fsp3) is 0.867. The topological polar surface area (TPSA) is 54.4 Å². The van der Waals surface area contributed by atoms with Gasteiger partial charge in [0, 0.05) is 6.42 Å². The summed E-state index contributed by atoms with van der Waals surface area (Å²) in [6.07, 6.45) is 18.6. The molecule has 0 heterocycles. The van der Waals surface area contributed by atoms with Crippen LogP contribution in [-0.4, -0.2) is 18.7 Å². The third-order valence-electron chi connectivity index (χ3n) is 3.22. The van der Waals surface area contributed by atoms with Crippen LogP contribution in [0.1, 0.15) is 77.0 Å². The second kappa shape index (κ2) is 12.5. The first-order chi connectivity index (χ1) is 9.06. The first-order valence-corrected chi connectivity index (χ1v) is 9.06. The number of hydrogen-bond donors (Lipinski definition) is 1. The maximum absolute atomic E-state index is 10.5. The lowest BCUT2D eigenvalue weighted by Crippen LogP contribution is -2.03. The van der Waals surface area contributed by atoms with Crippen molar-refractivity contribution in [3.05, 3.63) is 0 Å². The van der Waals surface area contributed by atoms with Crippen LogP contribution in [0, 0.1) is 12.3 Å². The van der Waals surface area contributed by atoms with Gasteiger partial charge in [0.15, 0.2) is 0 Å². The molecule has 0 saturated carbocycles. The molecule has 0 aliphatic carbocycles. The Kier molecular flexibility index (Phi) is 12.2. The van der Waals surface area contributed by atoms with Crippen molar-refractivity contribution in [3.63, 3.8) is 0 Å². The molecule has 0 aromatic carbocycles. The molecule has 0 aliphatic heterocycles. The summed E-state index contributed by atoms with van der Waals surface area (Å²) in [5.41, 5.74) is 0. The molecular formula is C15H28O3S. The molecule has 0 aromatic rings. The fourth-order valence-electron chi connectivity index (χ4n) is 2.10. The maximum Gasteiger partial charge on any atom is 0.264 e. The molecule has 112 valence electrons. The highest BCUT2D eigenvalue weighted by atomic mass is 32.2. The average Bonchev–Trinajstić information content (AvgIpc) is 2.34. The van der Waals surface area contributed by atoms with Crippen LogP contribution in [0.15, 0.2) is 0 Å². The van der Waals surface area contributed by atoms with Crippen molar-refractivity contribution in [2.75, 3.05) is 5.75 Å². The molecule has 19 heavy (non-hydrogen) atoms. The summed E-state index contributed by atoms with van der Waals surface area (Å²) < 4.78 is 29.5. The Morgan fingerprint density at radius 3 is 1.47 bits per heavy atom. The number of unbranched alkanes of at least 4 members (excludes halogenated alkanes) is 11. The van der Waals surface area contributed by atoms with E-state index in [1.165, 1.54) is 44.9 Å². The molecular weight excluding hydrogens is 260 g/mol. The summed E-state index contributed by atoms with van der Waals surface area (Å²) in [6.45, 7) is 0. The van der Waals surface area contributed by atoms with E-state index in [9.17, 15) is 8.42 Å². The Morgan fingerprint density at radius 2 is 1.11 bits per heavy atom. The van der Waals surface area contributed by atoms with Crippen LogP contribution in [0.2, 0.25) is 0 Å². The normalized spacial score (nSPS) is 11.4. The van der Waals surface area contributed by atoms with Gasteiger partial charge in [0.1, 0.15) is 0 Å². The lowest BCUT2D eigenvalue weighted by molar-refractivity contribution is 0.478. The van der Waals surface area contributed by atoms with Gasteiger partial charge in [-0.15, -0.1) is 12.3 Å². The zero-order valence-electron chi connectivity index (χ0n) is 11.9. The predicted octanol–water partition coefficient (Wildman–Crippen LogP) is 4.19. The molecule has 0 bridgehead atoms. The van der Waals surface area contributed by atoms with Crippen molar-refractivity contribution in [2.24, 2.45) is 0 Å². The Hall–Kier alpha value is -0.530. The molecule has 0 aromatic heterocycles. The van der Waals surface area contributed by atoms with Crippen LogP contribution in [-0.2, 0) is 10.1 Å². The quantitative estimate of drug-likeness (QED) is 0.314. The minimum atomic E-state index is -3.75. The van der Waals surface area contributed by atoms with Gasteiger partial charge in [-0.25, -0.2) is 0 Å². The Morgan fingerprint density at radius 1 is 0.737 bits per heavy atom. The summed E-state index contributed by atoms with van der Waals surface area (Å²) in [6, 6.07) is 0. The van der Waals surface area contributed by atoms with Crippen LogP contribution in [0.25, 0.3) is 0 Å². The summed E-state index contributed by atoms with van der Waals surface area (Å²) in [7, 11) is -3.75. The molecule has 4 heteroatoms. The van der Waals surface area contributed by atoms with E-state index in [0.717, 1.165) is 25.7 Å². The van der Waals surface area contributed by atoms with Gasteiger partial charge in [0.2, 0.25) is 0 Å². The molecule has 0 aliphatic rings. The monoisotopic (exact) mass is 288 g/mol. The first-order valence-electron chi connectivity index (χ1n) is 7.45. The first kappa shape index (κ1) is 18.5. The van der Waals surface area contributed by atoms with E-state index in [4.69, 9.17) is 11.0 Å². The zero-order valence-corrected chi connectivity index (χ0v) is 12.8. The Labute approximate surface area is 118 Å².